The summed E-state index contributed by atoms with van der Waals surface area (Å²) in [5.74, 6) is 2.00. The molecule has 144 valence electrons. The van der Waals surface area contributed by atoms with Gasteiger partial charge in [-0.1, -0.05) is 58.0 Å². The van der Waals surface area contributed by atoms with Gasteiger partial charge in [0.25, 0.3) is 5.82 Å². The minimum atomic E-state index is 0.0992. The second-order valence-electron chi connectivity index (χ2n) is 8.78. The van der Waals surface area contributed by atoms with E-state index >= 15 is 0 Å². The van der Waals surface area contributed by atoms with Gasteiger partial charge in [-0.15, -0.1) is 0 Å². The van der Waals surface area contributed by atoms with Crippen LogP contribution in [-0.4, -0.2) is 32.7 Å². The van der Waals surface area contributed by atoms with E-state index in [4.69, 9.17) is 7.98 Å². The maximum Gasteiger partial charge on any atom is 0.633 e. The molecular formula is C23H27B2N4+. The van der Waals surface area contributed by atoms with Gasteiger partial charge >= 0.3 is 15.1 Å². The van der Waals surface area contributed by atoms with E-state index in [9.17, 15) is 0 Å². The maximum atomic E-state index is 6.36. The number of aromatic nitrogens is 2. The zero-order chi connectivity index (χ0) is 20.3. The highest BCUT2D eigenvalue weighted by Gasteiger charge is 2.52. The Labute approximate surface area is 175 Å². The van der Waals surface area contributed by atoms with Crippen LogP contribution in [0, 0.1) is 0 Å². The van der Waals surface area contributed by atoms with Crippen molar-refractivity contribution >= 4 is 26.5 Å². The summed E-state index contributed by atoms with van der Waals surface area (Å²) in [5, 5.41) is 0. The Kier molecular flexibility index (Phi) is 4.27. The molecule has 0 saturated carbocycles. The van der Waals surface area contributed by atoms with E-state index in [0.717, 1.165) is 18.9 Å². The Hall–Kier alpha value is -2.62. The lowest BCUT2D eigenvalue weighted by molar-refractivity contribution is -0.507. The third kappa shape index (κ3) is 2.65. The summed E-state index contributed by atoms with van der Waals surface area (Å²) in [5.41, 5.74) is 6.70. The van der Waals surface area contributed by atoms with Crippen molar-refractivity contribution in [1.82, 2.24) is 4.48 Å². The predicted octanol–water partition coefficient (Wildman–Crippen LogP) is 3.79. The summed E-state index contributed by atoms with van der Waals surface area (Å²) < 4.78 is 4.08. The van der Waals surface area contributed by atoms with Gasteiger partial charge in [0.15, 0.2) is 0 Å². The molecule has 2 aliphatic heterocycles. The van der Waals surface area contributed by atoms with Gasteiger partial charge in [0.1, 0.15) is 12.4 Å². The molecule has 3 aromatic rings. The first-order valence-electron chi connectivity index (χ1n) is 10.6. The molecule has 0 unspecified atom stereocenters. The molecule has 0 N–H and O–H groups in total. The smallest absolute Gasteiger partial charge is 0.351 e. The van der Waals surface area contributed by atoms with E-state index in [0.29, 0.717) is 11.8 Å². The minimum Gasteiger partial charge on any atom is -0.351 e. The van der Waals surface area contributed by atoms with E-state index in [2.05, 4.69) is 90.5 Å². The quantitative estimate of drug-likeness (QED) is 0.642. The summed E-state index contributed by atoms with van der Waals surface area (Å²) >= 11 is 0. The van der Waals surface area contributed by atoms with Crippen LogP contribution in [0.25, 0.3) is 11.4 Å². The Bertz CT molecular complexity index is 1050. The highest BCUT2D eigenvalue weighted by atomic mass is 15.4. The fourth-order valence-electron chi connectivity index (χ4n) is 5.03. The van der Waals surface area contributed by atoms with Crippen molar-refractivity contribution in [2.75, 3.05) is 22.7 Å². The summed E-state index contributed by atoms with van der Waals surface area (Å²) in [4.78, 5) is 5.10. The lowest BCUT2D eigenvalue weighted by Crippen LogP contribution is -2.54. The Morgan fingerprint density at radius 1 is 0.897 bits per heavy atom. The highest BCUT2D eigenvalue weighted by molar-refractivity contribution is 6.68. The van der Waals surface area contributed by atoms with Crippen LogP contribution in [0.1, 0.15) is 50.7 Å². The number of rotatable bonds is 3. The summed E-state index contributed by atoms with van der Waals surface area (Å²) in [6.07, 6.45) is 4.08. The summed E-state index contributed by atoms with van der Waals surface area (Å²) in [7, 11) is 6.46. The zero-order valence-electron chi connectivity index (χ0n) is 17.7. The van der Waals surface area contributed by atoms with Gasteiger partial charge in [0, 0.05) is 24.5 Å². The van der Waals surface area contributed by atoms with Crippen LogP contribution in [-0.2, 0) is 0 Å². The number of hydrogen-bond acceptors (Lipinski definition) is 2. The maximum absolute atomic E-state index is 6.36. The number of hydrogen-bond donors (Lipinski definition) is 0. The van der Waals surface area contributed by atoms with Crippen molar-refractivity contribution in [2.24, 2.45) is 0 Å². The van der Waals surface area contributed by atoms with Gasteiger partial charge in [0.2, 0.25) is 0 Å². The van der Waals surface area contributed by atoms with Crippen LogP contribution >= 0.6 is 0 Å². The molecule has 0 atom stereocenters. The molecule has 2 aromatic carbocycles. The molecule has 0 spiro atoms. The highest BCUT2D eigenvalue weighted by Crippen LogP contribution is 2.42. The standard InChI is InChI=1S/C23H27B2N4/c1-16(2)18-9-7-10-19(17(3)4)22(18)28-15-14-27-21-11-6-5-8-20(21)23-26(24)12-13-29(23)25(27)28/h5-13,16-17H,14-15H2,1-4H3/q+1. The second kappa shape index (κ2) is 6.72. The van der Waals surface area contributed by atoms with E-state index in [1.165, 1.54) is 28.1 Å². The van der Waals surface area contributed by atoms with Crippen LogP contribution in [0.5, 0.6) is 0 Å². The van der Waals surface area contributed by atoms with E-state index < -0.39 is 0 Å². The van der Waals surface area contributed by atoms with Gasteiger partial charge in [-0.2, -0.15) is 0 Å². The summed E-state index contributed by atoms with van der Waals surface area (Å²) in [6, 6.07) is 15.4. The molecule has 1 aromatic heterocycles. The average molecular weight is 381 g/mol. The predicted molar refractivity (Wildman–Crippen MR) is 122 cm³/mol. The molecule has 3 heterocycles. The molecule has 1 fully saturated rings. The first-order chi connectivity index (χ1) is 14.0. The van der Waals surface area contributed by atoms with E-state index in [1.807, 2.05) is 6.20 Å². The van der Waals surface area contributed by atoms with Gasteiger partial charge in [0.05, 0.1) is 5.56 Å². The number of benzene rings is 2. The molecule has 0 amide bonds. The molecule has 2 aliphatic rings. The van der Waals surface area contributed by atoms with Crippen LogP contribution < -0.4 is 14.1 Å². The molecule has 5 rings (SSSR count). The molecule has 0 aliphatic carbocycles. The van der Waals surface area contributed by atoms with Crippen molar-refractivity contribution in [2.45, 2.75) is 39.5 Å². The SMILES string of the molecule is [B][n+]1ccn2c1-c1ccccc1N1CCN(c3c(C(C)C)cccc3C(C)C)B12. The first-order valence-corrected chi connectivity index (χ1v) is 10.6. The first kappa shape index (κ1) is 18.4. The van der Waals surface area contributed by atoms with Gasteiger partial charge in [-0.25, -0.2) is 0 Å². The number of para-hydroxylation sites is 2. The van der Waals surface area contributed by atoms with E-state index in [1.54, 1.807) is 4.48 Å². The largest absolute Gasteiger partial charge is 0.633 e. The Balaban J connectivity index is 1.73. The van der Waals surface area contributed by atoms with Crippen molar-refractivity contribution in [1.29, 1.82) is 0 Å². The zero-order valence-corrected chi connectivity index (χ0v) is 17.7. The van der Waals surface area contributed by atoms with Crippen molar-refractivity contribution < 1.29 is 4.48 Å². The topological polar surface area (TPSA) is 15.3 Å². The van der Waals surface area contributed by atoms with Crippen LogP contribution in [0.2, 0.25) is 0 Å². The third-order valence-corrected chi connectivity index (χ3v) is 6.35. The fourth-order valence-corrected chi connectivity index (χ4v) is 5.03. The molecule has 1 saturated heterocycles. The van der Waals surface area contributed by atoms with Crippen molar-refractivity contribution in [3.63, 3.8) is 0 Å². The van der Waals surface area contributed by atoms with Crippen molar-refractivity contribution in [3.8, 4) is 11.4 Å². The van der Waals surface area contributed by atoms with Gasteiger partial charge in [-0.3, -0.25) is 4.48 Å². The Morgan fingerprint density at radius 3 is 2.24 bits per heavy atom. The lowest BCUT2D eigenvalue weighted by Gasteiger charge is -2.33. The fraction of sp³-hybridized carbons (Fsp3) is 0.348. The molecular weight excluding hydrogens is 354 g/mol. The van der Waals surface area contributed by atoms with Gasteiger partial charge < -0.3 is 14.1 Å². The van der Waals surface area contributed by atoms with Crippen LogP contribution in [0.15, 0.2) is 54.9 Å². The molecule has 29 heavy (non-hydrogen) atoms. The molecule has 4 nitrogen and oxygen atoms in total. The van der Waals surface area contributed by atoms with E-state index in [-0.39, 0.29) is 7.12 Å². The van der Waals surface area contributed by atoms with Crippen LogP contribution in [0.4, 0.5) is 11.4 Å². The average Bonchev–Trinajstić information content (AvgIpc) is 3.31. The Morgan fingerprint density at radius 2 is 1.55 bits per heavy atom. The summed E-state index contributed by atoms with van der Waals surface area (Å²) in [6.45, 7) is 11.2. The number of fused-ring (bicyclic) bond motifs is 6. The third-order valence-electron chi connectivity index (χ3n) is 6.35. The van der Waals surface area contributed by atoms with Gasteiger partial charge in [-0.05, 0) is 35.1 Å². The number of nitrogens with zero attached hydrogens (tertiary/aromatic N) is 4. The number of anilines is 2. The minimum absolute atomic E-state index is 0.0992. The molecule has 0 bridgehead atoms. The normalized spacial score (nSPS) is 15.2. The lowest BCUT2D eigenvalue weighted by atomic mass is 9.80. The molecule has 6 heteroatoms. The van der Waals surface area contributed by atoms with Crippen LogP contribution in [0.3, 0.4) is 0 Å². The second-order valence-corrected chi connectivity index (χ2v) is 8.78. The monoisotopic (exact) mass is 381 g/mol. The molecule has 2 radical (unpaired) electrons. The number of imidazole rings is 1. The van der Waals surface area contributed by atoms with Crippen molar-refractivity contribution in [3.05, 3.63) is 66.0 Å².